The van der Waals surface area contributed by atoms with Gasteiger partial charge in [0.25, 0.3) is 0 Å². The molecule has 3 atom stereocenters. The molecular formula is C50H52F2N8O4S4. The maximum absolute atomic E-state index is 15.0. The molecule has 1 unspecified atom stereocenters. The number of hydrogen-bond acceptors (Lipinski definition) is 14. The average Bonchev–Trinajstić information content (AvgIpc) is 4.12. The minimum absolute atomic E-state index is 0.0117. The van der Waals surface area contributed by atoms with E-state index in [1.54, 1.807) is 63.1 Å². The van der Waals surface area contributed by atoms with E-state index in [1.165, 1.54) is 27.6 Å². The van der Waals surface area contributed by atoms with Gasteiger partial charge in [-0.25, -0.2) is 38.3 Å². The highest BCUT2D eigenvalue weighted by atomic mass is 32.1. The Morgan fingerprint density at radius 3 is 1.81 bits per heavy atom. The number of likely N-dealkylation sites (tertiary alicyclic amines) is 1. The summed E-state index contributed by atoms with van der Waals surface area (Å²) in [5.41, 5.74) is 6.38. The molecule has 2 aromatic carbocycles. The highest BCUT2D eigenvalue weighted by Crippen LogP contribution is 2.42. The van der Waals surface area contributed by atoms with Crippen LogP contribution in [0.25, 0.3) is 46.4 Å². The topological polar surface area (TPSA) is 135 Å². The zero-order chi connectivity index (χ0) is 48.1. The standard InChI is InChI=1S/C25H27FN4O2S2.C25H25FN4O2S2/c2*1-14-15(6-5-11-30(14)24(31)32-25(2,3)4)20-12-16-17(9-10-27-23(16)34-20)29-18-7-8-19-22(21(18)26)28-13-33-19/h7-10,12-15H,5-6,11H2,1-4H3,(H,27,29);6-10,12-14H,5,11H2,1-4H3,(H,27,29)/t14-,15?;14-/m00/s1. The minimum Gasteiger partial charge on any atom is -0.444 e. The predicted octanol–water partition coefficient (Wildman–Crippen LogP) is 14.5. The van der Waals surface area contributed by atoms with Gasteiger partial charge in [-0.15, -0.1) is 45.3 Å². The predicted molar refractivity (Wildman–Crippen MR) is 274 cm³/mol. The number of halogens is 2. The number of rotatable bonds is 6. The Bertz CT molecular complexity index is 3200. The highest BCUT2D eigenvalue weighted by Gasteiger charge is 2.36. The van der Waals surface area contributed by atoms with Gasteiger partial charge in [0.1, 0.15) is 31.9 Å². The summed E-state index contributed by atoms with van der Waals surface area (Å²) in [5, 5.41) is 8.33. The van der Waals surface area contributed by atoms with E-state index in [0.717, 1.165) is 70.9 Å². The zero-order valence-corrected chi connectivity index (χ0v) is 42.2. The van der Waals surface area contributed by atoms with Crippen molar-refractivity contribution in [3.8, 4) is 0 Å². The van der Waals surface area contributed by atoms with Crippen LogP contribution in [0.5, 0.6) is 0 Å². The first-order chi connectivity index (χ1) is 32.4. The van der Waals surface area contributed by atoms with Gasteiger partial charge in [-0.05, 0) is 129 Å². The van der Waals surface area contributed by atoms with Crippen molar-refractivity contribution in [2.24, 2.45) is 0 Å². The van der Waals surface area contributed by atoms with Gasteiger partial charge in [0.15, 0.2) is 11.6 Å². The van der Waals surface area contributed by atoms with E-state index in [4.69, 9.17) is 9.47 Å². The molecular weight excluding hydrogens is 943 g/mol. The number of thiophene rings is 2. The first-order valence-corrected chi connectivity index (χ1v) is 25.9. The number of hydrogen-bond donors (Lipinski definition) is 2. The lowest BCUT2D eigenvalue weighted by atomic mass is 9.89. The van der Waals surface area contributed by atoms with Gasteiger partial charge in [0.2, 0.25) is 0 Å². The summed E-state index contributed by atoms with van der Waals surface area (Å²) < 4.78 is 42.9. The highest BCUT2D eigenvalue weighted by molar-refractivity contribution is 7.20. The van der Waals surface area contributed by atoms with Crippen LogP contribution >= 0.6 is 45.3 Å². The second-order valence-corrected chi connectivity index (χ2v) is 22.7. The molecule has 8 heterocycles. The number of carbonyl (C=O) groups is 2. The van der Waals surface area contributed by atoms with Gasteiger partial charge in [-0.3, -0.25) is 0 Å². The lowest BCUT2D eigenvalue weighted by Gasteiger charge is -2.39. The zero-order valence-electron chi connectivity index (χ0n) is 39.0. The molecule has 2 N–H and O–H groups in total. The fraction of sp³-hybridized carbons (Fsp3) is 0.360. The largest absolute Gasteiger partial charge is 0.444 e. The van der Waals surface area contributed by atoms with Gasteiger partial charge < -0.3 is 29.9 Å². The Hall–Kier alpha value is -5.82. The molecule has 0 bridgehead atoms. The van der Waals surface area contributed by atoms with E-state index in [-0.39, 0.29) is 41.8 Å². The molecule has 18 heteroatoms. The summed E-state index contributed by atoms with van der Waals surface area (Å²) in [6.07, 6.45) is 7.73. The smallest absolute Gasteiger partial charge is 0.410 e. The summed E-state index contributed by atoms with van der Waals surface area (Å²) in [6, 6.07) is 15.0. The molecule has 354 valence electrons. The Morgan fingerprint density at radius 2 is 1.24 bits per heavy atom. The van der Waals surface area contributed by atoms with E-state index in [1.807, 2.05) is 77.6 Å². The monoisotopic (exact) mass is 994 g/mol. The minimum atomic E-state index is -0.545. The molecule has 2 aliphatic heterocycles. The fourth-order valence-electron chi connectivity index (χ4n) is 8.59. The van der Waals surface area contributed by atoms with Crippen molar-refractivity contribution in [2.45, 2.75) is 104 Å². The second-order valence-electron chi connectivity index (χ2n) is 18.9. The van der Waals surface area contributed by atoms with Crippen molar-refractivity contribution in [1.82, 2.24) is 29.7 Å². The third-order valence-electron chi connectivity index (χ3n) is 11.9. The van der Waals surface area contributed by atoms with Crippen LogP contribution < -0.4 is 10.6 Å². The quantitative estimate of drug-likeness (QED) is 0.166. The number of nitrogens with zero attached hydrogens (tertiary/aromatic N) is 6. The molecule has 1 fully saturated rings. The first-order valence-electron chi connectivity index (χ1n) is 22.5. The number of piperidine rings is 1. The molecule has 0 radical (unpaired) electrons. The van der Waals surface area contributed by atoms with Crippen LogP contribution in [0, 0.1) is 11.6 Å². The Labute approximate surface area is 409 Å². The maximum Gasteiger partial charge on any atom is 0.410 e. The van der Waals surface area contributed by atoms with Gasteiger partial charge in [0.05, 0.1) is 49.2 Å². The van der Waals surface area contributed by atoms with E-state index in [2.05, 4.69) is 55.7 Å². The molecule has 12 nitrogen and oxygen atoms in total. The number of thiazole rings is 2. The number of ether oxygens (including phenoxy) is 2. The first kappa shape index (κ1) is 47.3. The second kappa shape index (κ2) is 18.9. The van der Waals surface area contributed by atoms with Gasteiger partial charge >= 0.3 is 12.2 Å². The summed E-state index contributed by atoms with van der Waals surface area (Å²) >= 11 is 6.03. The summed E-state index contributed by atoms with van der Waals surface area (Å²) in [5.74, 6) is -0.528. The molecule has 0 saturated carbocycles. The Morgan fingerprint density at radius 1 is 0.691 bits per heavy atom. The fourth-order valence-corrected chi connectivity index (χ4v) is 12.3. The van der Waals surface area contributed by atoms with Crippen molar-refractivity contribution < 1.29 is 27.8 Å². The number of amides is 2. The lowest BCUT2D eigenvalue weighted by Crippen LogP contribution is -2.47. The Kier molecular flexibility index (Phi) is 13.2. The van der Waals surface area contributed by atoms with E-state index in [0.29, 0.717) is 35.5 Å². The van der Waals surface area contributed by atoms with Crippen molar-refractivity contribution in [3.05, 3.63) is 99.4 Å². The van der Waals surface area contributed by atoms with E-state index >= 15 is 0 Å². The third kappa shape index (κ3) is 9.86. The third-order valence-corrected chi connectivity index (χ3v) is 15.7. The normalized spacial score (nSPS) is 17.9. The molecule has 1 saturated heterocycles. The molecule has 0 spiro atoms. The van der Waals surface area contributed by atoms with Crippen LogP contribution in [0.4, 0.5) is 41.1 Å². The van der Waals surface area contributed by atoms with Crippen molar-refractivity contribution in [1.29, 1.82) is 0 Å². The van der Waals surface area contributed by atoms with Crippen LogP contribution in [0.2, 0.25) is 0 Å². The number of benzene rings is 2. The molecule has 2 amide bonds. The summed E-state index contributed by atoms with van der Waals surface area (Å²) in [7, 11) is 0. The van der Waals surface area contributed by atoms with Crippen LogP contribution in [0.3, 0.4) is 0 Å². The number of nitrogens with one attached hydrogen (secondary N) is 2. The number of aromatic nitrogens is 4. The van der Waals surface area contributed by atoms with Crippen molar-refractivity contribution >= 4 is 127 Å². The van der Waals surface area contributed by atoms with E-state index in [9.17, 15) is 18.4 Å². The van der Waals surface area contributed by atoms with Crippen LogP contribution in [-0.4, -0.2) is 78.3 Å². The molecule has 2 aliphatic rings. The van der Waals surface area contributed by atoms with Crippen LogP contribution in [0.1, 0.15) is 90.3 Å². The van der Waals surface area contributed by atoms with Gasteiger partial charge in [-0.1, -0.05) is 6.08 Å². The van der Waals surface area contributed by atoms with Gasteiger partial charge in [-0.2, -0.15) is 0 Å². The maximum atomic E-state index is 15.0. The van der Waals surface area contributed by atoms with E-state index < -0.39 is 11.2 Å². The summed E-state index contributed by atoms with van der Waals surface area (Å²) in [6.45, 7) is 16.7. The summed E-state index contributed by atoms with van der Waals surface area (Å²) in [4.78, 5) is 50.5. The Balaban J connectivity index is 0.000000170. The van der Waals surface area contributed by atoms with Crippen LogP contribution in [-0.2, 0) is 9.47 Å². The number of carbonyl (C=O) groups excluding carboxylic acids is 2. The number of anilines is 4. The van der Waals surface area contributed by atoms with Gasteiger partial charge in [0, 0.05) is 58.0 Å². The van der Waals surface area contributed by atoms with Crippen molar-refractivity contribution in [3.63, 3.8) is 0 Å². The SMILES string of the molecule is C[C@H]1C(c2cc3c(Nc4ccc5scnc5c4F)ccnc3s2)=CCCN1C(=O)OC(C)(C)C.C[C@H]1C(c2cc3c(Nc4ccc5scnc5c4F)ccnc3s2)CCCN1C(=O)OC(C)(C)C. The van der Waals surface area contributed by atoms with Crippen molar-refractivity contribution in [2.75, 3.05) is 23.7 Å². The molecule has 6 aromatic heterocycles. The molecule has 10 rings (SSSR count). The number of pyridine rings is 2. The molecule has 0 aliphatic carbocycles. The molecule has 68 heavy (non-hydrogen) atoms. The average molecular weight is 995 g/mol. The lowest BCUT2D eigenvalue weighted by molar-refractivity contribution is 0.00901. The van der Waals surface area contributed by atoms with Crippen LogP contribution in [0.15, 0.2) is 78.0 Å². The molecule has 8 aromatic rings. The number of fused-ring (bicyclic) bond motifs is 4.